The van der Waals surface area contributed by atoms with E-state index in [1.165, 1.54) is 6.07 Å². The van der Waals surface area contributed by atoms with Crippen LogP contribution in [0.3, 0.4) is 0 Å². The van der Waals surface area contributed by atoms with Crippen molar-refractivity contribution in [2.24, 2.45) is 0 Å². The molecule has 0 heterocycles. The molecule has 0 saturated carbocycles. The highest BCUT2D eigenvalue weighted by molar-refractivity contribution is 6.43. The highest BCUT2D eigenvalue weighted by Gasteiger charge is 2.13. The predicted molar refractivity (Wildman–Crippen MR) is 58.5 cm³/mol. The van der Waals surface area contributed by atoms with Gasteiger partial charge in [-0.3, -0.25) is 4.79 Å². The first-order valence-corrected chi connectivity index (χ1v) is 5.13. The van der Waals surface area contributed by atoms with Crippen LogP contribution in [0.2, 0.25) is 10.0 Å². The van der Waals surface area contributed by atoms with Gasteiger partial charge in [0.1, 0.15) is 10.8 Å². The Labute approximate surface area is 97.6 Å². The summed E-state index contributed by atoms with van der Waals surface area (Å²) in [5.41, 5.74) is 0.405. The van der Waals surface area contributed by atoms with Crippen LogP contribution in [0.15, 0.2) is 12.1 Å². The van der Waals surface area contributed by atoms with Gasteiger partial charge in [0.05, 0.1) is 18.1 Å². The normalized spacial score (nSPS) is 10.1. The van der Waals surface area contributed by atoms with E-state index in [1.54, 1.807) is 13.0 Å². The number of benzene rings is 1. The molecule has 0 aliphatic carbocycles. The molecule has 1 N–H and O–H groups in total. The zero-order valence-corrected chi connectivity index (χ0v) is 9.60. The van der Waals surface area contributed by atoms with Crippen LogP contribution >= 0.6 is 23.2 Å². The van der Waals surface area contributed by atoms with Crippen LogP contribution in [-0.4, -0.2) is 17.7 Å². The van der Waals surface area contributed by atoms with E-state index in [4.69, 9.17) is 27.9 Å². The van der Waals surface area contributed by atoms with E-state index in [0.29, 0.717) is 12.2 Å². The number of ether oxygens (including phenoxy) is 1. The van der Waals surface area contributed by atoms with Crippen LogP contribution in [0.25, 0.3) is 0 Å². The van der Waals surface area contributed by atoms with E-state index < -0.39 is 5.97 Å². The number of carbonyl (C=O) groups excluding carboxylic acids is 1. The number of phenolic OH excluding ortho intramolecular Hbond substituents is 1. The van der Waals surface area contributed by atoms with Gasteiger partial charge >= 0.3 is 5.97 Å². The molecule has 0 aromatic heterocycles. The molecule has 3 nitrogen and oxygen atoms in total. The Kier molecular flexibility index (Phi) is 4.24. The lowest BCUT2D eigenvalue weighted by Crippen LogP contribution is -2.07. The minimum Gasteiger partial charge on any atom is -0.506 e. The van der Waals surface area contributed by atoms with Gasteiger partial charge in [0, 0.05) is 5.56 Å². The summed E-state index contributed by atoms with van der Waals surface area (Å²) in [6.07, 6.45) is -0.0173. The van der Waals surface area contributed by atoms with E-state index in [1.807, 2.05) is 0 Å². The van der Waals surface area contributed by atoms with Crippen LogP contribution in [-0.2, 0) is 16.0 Å². The average molecular weight is 249 g/mol. The number of rotatable bonds is 3. The maximum absolute atomic E-state index is 11.2. The first kappa shape index (κ1) is 12.1. The van der Waals surface area contributed by atoms with Crippen molar-refractivity contribution in [1.29, 1.82) is 0 Å². The predicted octanol–water partition coefficient (Wildman–Crippen LogP) is 2.80. The summed E-state index contributed by atoms with van der Waals surface area (Å²) in [5.74, 6) is -0.580. The molecule has 0 bridgehead atoms. The molecule has 0 aliphatic rings. The van der Waals surface area contributed by atoms with E-state index in [9.17, 15) is 9.90 Å². The number of hydrogen-bond donors (Lipinski definition) is 1. The van der Waals surface area contributed by atoms with Crippen LogP contribution < -0.4 is 0 Å². The fraction of sp³-hybridized carbons (Fsp3) is 0.300. The lowest BCUT2D eigenvalue weighted by Gasteiger charge is -2.06. The molecule has 0 spiro atoms. The largest absolute Gasteiger partial charge is 0.506 e. The number of aromatic hydroxyl groups is 1. The van der Waals surface area contributed by atoms with Gasteiger partial charge in [0.25, 0.3) is 0 Å². The van der Waals surface area contributed by atoms with Gasteiger partial charge in [0.2, 0.25) is 0 Å². The Morgan fingerprint density at radius 3 is 2.73 bits per heavy atom. The van der Waals surface area contributed by atoms with Crippen LogP contribution in [0, 0.1) is 0 Å². The lowest BCUT2D eigenvalue weighted by molar-refractivity contribution is -0.142. The lowest BCUT2D eigenvalue weighted by atomic mass is 10.1. The molecular formula is C10H10Cl2O3. The second-order valence-electron chi connectivity index (χ2n) is 2.85. The van der Waals surface area contributed by atoms with Crippen LogP contribution in [0.4, 0.5) is 0 Å². The Morgan fingerprint density at radius 2 is 2.13 bits per heavy atom. The minimum atomic E-state index is -0.411. The topological polar surface area (TPSA) is 46.5 Å². The van der Waals surface area contributed by atoms with Crippen LogP contribution in [0.1, 0.15) is 12.5 Å². The minimum absolute atomic E-state index is 0.0173. The van der Waals surface area contributed by atoms with Gasteiger partial charge in [-0.25, -0.2) is 0 Å². The molecule has 0 saturated heterocycles. The van der Waals surface area contributed by atoms with Gasteiger partial charge in [-0.05, 0) is 13.0 Å². The first-order valence-electron chi connectivity index (χ1n) is 4.37. The Bertz CT molecular complexity index is 377. The highest BCUT2D eigenvalue weighted by atomic mass is 35.5. The summed E-state index contributed by atoms with van der Waals surface area (Å²) in [6.45, 7) is 2.02. The quantitative estimate of drug-likeness (QED) is 0.838. The van der Waals surface area contributed by atoms with Gasteiger partial charge < -0.3 is 9.84 Å². The molecule has 15 heavy (non-hydrogen) atoms. The molecule has 0 fully saturated rings. The zero-order valence-electron chi connectivity index (χ0n) is 8.09. The number of halogens is 2. The van der Waals surface area contributed by atoms with Crippen molar-refractivity contribution < 1.29 is 14.6 Å². The van der Waals surface area contributed by atoms with E-state index in [0.717, 1.165) is 0 Å². The Hall–Kier alpha value is -0.930. The number of hydrogen-bond acceptors (Lipinski definition) is 3. The molecule has 0 radical (unpaired) electrons. The second-order valence-corrected chi connectivity index (χ2v) is 3.64. The molecule has 0 atom stereocenters. The molecule has 0 aliphatic heterocycles. The third kappa shape index (κ3) is 3.01. The summed E-state index contributed by atoms with van der Waals surface area (Å²) < 4.78 is 4.74. The maximum atomic E-state index is 11.2. The van der Waals surface area contributed by atoms with E-state index in [2.05, 4.69) is 0 Å². The second kappa shape index (κ2) is 5.24. The van der Waals surface area contributed by atoms with Crippen LogP contribution in [0.5, 0.6) is 5.75 Å². The standard InChI is InChI=1S/C10H10Cl2O3/c1-2-15-8(13)5-6-3-4-7(11)9(12)10(6)14/h3-4,14H,2,5H2,1H3. The van der Waals surface area contributed by atoms with E-state index in [-0.39, 0.29) is 22.2 Å². The maximum Gasteiger partial charge on any atom is 0.310 e. The molecular weight excluding hydrogens is 239 g/mol. The Balaban J connectivity index is 2.87. The summed E-state index contributed by atoms with van der Waals surface area (Å²) >= 11 is 11.4. The van der Waals surface area contributed by atoms with Gasteiger partial charge in [-0.15, -0.1) is 0 Å². The average Bonchev–Trinajstić information content (AvgIpc) is 2.20. The van der Waals surface area contributed by atoms with Crippen molar-refractivity contribution in [3.63, 3.8) is 0 Å². The number of carbonyl (C=O) groups is 1. The third-order valence-electron chi connectivity index (χ3n) is 1.79. The van der Waals surface area contributed by atoms with Crippen molar-refractivity contribution in [2.75, 3.05) is 6.61 Å². The SMILES string of the molecule is CCOC(=O)Cc1ccc(Cl)c(Cl)c1O. The first-order chi connectivity index (χ1) is 7.06. The van der Waals surface area contributed by atoms with Crippen molar-refractivity contribution >= 4 is 29.2 Å². The molecule has 5 heteroatoms. The van der Waals surface area contributed by atoms with Gasteiger partial charge in [0.15, 0.2) is 0 Å². The molecule has 0 unspecified atom stereocenters. The third-order valence-corrected chi connectivity index (χ3v) is 2.59. The van der Waals surface area contributed by atoms with Crippen molar-refractivity contribution in [1.82, 2.24) is 0 Å². The van der Waals surface area contributed by atoms with Crippen molar-refractivity contribution in [2.45, 2.75) is 13.3 Å². The molecule has 82 valence electrons. The summed E-state index contributed by atoms with van der Waals surface area (Å²) in [5, 5.41) is 9.88. The van der Waals surface area contributed by atoms with Crippen molar-refractivity contribution in [3.05, 3.63) is 27.7 Å². The summed E-state index contributed by atoms with van der Waals surface area (Å²) in [7, 11) is 0. The van der Waals surface area contributed by atoms with Crippen molar-refractivity contribution in [3.8, 4) is 5.75 Å². The number of phenols is 1. The highest BCUT2D eigenvalue weighted by Crippen LogP contribution is 2.34. The van der Waals surface area contributed by atoms with Gasteiger partial charge in [-0.1, -0.05) is 29.3 Å². The fourth-order valence-corrected chi connectivity index (χ4v) is 1.43. The Morgan fingerprint density at radius 1 is 1.47 bits per heavy atom. The number of esters is 1. The summed E-state index contributed by atoms with van der Waals surface area (Å²) in [6, 6.07) is 3.07. The molecule has 1 aromatic carbocycles. The smallest absolute Gasteiger partial charge is 0.310 e. The molecule has 1 rings (SSSR count). The van der Waals surface area contributed by atoms with Gasteiger partial charge in [-0.2, -0.15) is 0 Å². The zero-order chi connectivity index (χ0) is 11.4. The summed E-state index contributed by atoms with van der Waals surface area (Å²) in [4.78, 5) is 11.2. The monoisotopic (exact) mass is 248 g/mol. The molecule has 1 aromatic rings. The fourth-order valence-electron chi connectivity index (χ4n) is 1.09. The molecule has 0 amide bonds. The van der Waals surface area contributed by atoms with E-state index >= 15 is 0 Å².